The van der Waals surface area contributed by atoms with E-state index in [0.717, 1.165) is 46.2 Å². The van der Waals surface area contributed by atoms with Crippen molar-refractivity contribution >= 4 is 23.2 Å². The summed E-state index contributed by atoms with van der Waals surface area (Å²) in [7, 11) is 0. The second-order valence-corrected chi connectivity index (χ2v) is 8.79. The predicted octanol–water partition coefficient (Wildman–Crippen LogP) is 6.57. The second kappa shape index (κ2) is 11.6. The topological polar surface area (TPSA) is 54.0 Å². The van der Waals surface area contributed by atoms with Gasteiger partial charge in [-0.3, -0.25) is 9.78 Å². The monoisotopic (exact) mass is 469 g/mol. The highest BCUT2D eigenvalue weighted by molar-refractivity contribution is 6.30. The smallest absolute Gasteiger partial charge is 0.224 e. The van der Waals surface area contributed by atoms with Gasteiger partial charge in [-0.25, -0.2) is 0 Å². The van der Waals surface area contributed by atoms with Gasteiger partial charge in [0.05, 0.1) is 0 Å². The number of rotatable bonds is 9. The number of halogens is 1. The molecule has 0 fully saturated rings. The Morgan fingerprint density at radius 1 is 0.794 bits per heavy atom. The van der Waals surface area contributed by atoms with Crippen LogP contribution in [0.4, 0.5) is 5.69 Å². The Morgan fingerprint density at radius 3 is 2.09 bits per heavy atom. The number of carbonyl (C=O) groups excluding carboxylic acids is 1. The average Bonchev–Trinajstić information content (AvgIpc) is 2.85. The van der Waals surface area contributed by atoms with E-state index in [1.165, 1.54) is 11.1 Å². The third-order valence-corrected chi connectivity index (χ3v) is 5.88. The highest BCUT2D eigenvalue weighted by Gasteiger charge is 2.05. The zero-order valence-corrected chi connectivity index (χ0v) is 20.0. The first-order valence-corrected chi connectivity index (χ1v) is 11.8. The van der Waals surface area contributed by atoms with Gasteiger partial charge in [-0.2, -0.15) is 0 Å². The lowest BCUT2D eigenvalue weighted by Gasteiger charge is -2.08. The summed E-state index contributed by atoms with van der Waals surface area (Å²) < 4.78 is 0. The molecule has 0 saturated heterocycles. The van der Waals surface area contributed by atoms with Crippen molar-refractivity contribution in [2.24, 2.45) is 0 Å². The van der Waals surface area contributed by atoms with Gasteiger partial charge in [-0.15, -0.1) is 0 Å². The summed E-state index contributed by atoms with van der Waals surface area (Å²) >= 11 is 5.96. The van der Waals surface area contributed by atoms with E-state index in [1.807, 2.05) is 67.7 Å². The Morgan fingerprint density at radius 2 is 1.41 bits per heavy atom. The summed E-state index contributed by atoms with van der Waals surface area (Å²) in [6, 6.07) is 28.1. The third-order valence-electron chi connectivity index (χ3n) is 5.63. The Hall–Kier alpha value is -3.47. The number of aryl methyl sites for hydroxylation is 2. The van der Waals surface area contributed by atoms with Gasteiger partial charge in [-0.1, -0.05) is 60.1 Å². The number of carbonyl (C=O) groups is 1. The Balaban J connectivity index is 1.21. The van der Waals surface area contributed by atoms with Crippen LogP contribution in [-0.2, 0) is 24.3 Å². The number of anilines is 1. The first kappa shape index (κ1) is 23.7. The molecule has 4 aromatic rings. The molecule has 0 aliphatic heterocycles. The summed E-state index contributed by atoms with van der Waals surface area (Å²) in [5, 5.41) is 7.16. The van der Waals surface area contributed by atoms with Crippen molar-refractivity contribution in [2.75, 3.05) is 5.32 Å². The number of benzene rings is 3. The molecule has 172 valence electrons. The first-order chi connectivity index (χ1) is 16.5. The zero-order chi connectivity index (χ0) is 23.8. The van der Waals surface area contributed by atoms with Gasteiger partial charge < -0.3 is 10.6 Å². The van der Waals surface area contributed by atoms with E-state index in [9.17, 15) is 4.79 Å². The molecule has 1 heterocycles. The molecule has 0 aliphatic carbocycles. The van der Waals surface area contributed by atoms with Gasteiger partial charge in [0.25, 0.3) is 0 Å². The molecule has 5 heteroatoms. The molecule has 0 aliphatic rings. The number of aromatic nitrogens is 1. The molecule has 4 rings (SSSR count). The van der Waals surface area contributed by atoms with Crippen molar-refractivity contribution in [3.8, 4) is 11.1 Å². The fourth-order valence-electron chi connectivity index (χ4n) is 3.76. The van der Waals surface area contributed by atoms with Gasteiger partial charge in [-0.05, 0) is 77.6 Å². The molecule has 0 spiro atoms. The summed E-state index contributed by atoms with van der Waals surface area (Å²) in [4.78, 5) is 16.6. The van der Waals surface area contributed by atoms with E-state index in [2.05, 4.69) is 45.9 Å². The number of hydrogen-bond acceptors (Lipinski definition) is 3. The maximum Gasteiger partial charge on any atom is 0.224 e. The van der Waals surface area contributed by atoms with Gasteiger partial charge in [0.2, 0.25) is 5.91 Å². The molecule has 0 saturated carbocycles. The molecule has 0 atom stereocenters. The van der Waals surface area contributed by atoms with Crippen LogP contribution >= 0.6 is 11.6 Å². The van der Waals surface area contributed by atoms with Crippen LogP contribution < -0.4 is 10.6 Å². The predicted molar refractivity (Wildman–Crippen MR) is 140 cm³/mol. The van der Waals surface area contributed by atoms with E-state index in [0.29, 0.717) is 12.8 Å². The van der Waals surface area contributed by atoms with Gasteiger partial charge in [0.1, 0.15) is 0 Å². The molecule has 4 nitrogen and oxygen atoms in total. The highest BCUT2D eigenvalue weighted by Crippen LogP contribution is 2.23. The molecule has 0 bridgehead atoms. The quantitative estimate of drug-likeness (QED) is 0.291. The van der Waals surface area contributed by atoms with Crippen LogP contribution in [0.2, 0.25) is 5.02 Å². The van der Waals surface area contributed by atoms with Crippen LogP contribution in [0.3, 0.4) is 0 Å². The van der Waals surface area contributed by atoms with Crippen molar-refractivity contribution in [3.63, 3.8) is 0 Å². The van der Waals surface area contributed by atoms with Crippen molar-refractivity contribution in [3.05, 3.63) is 119 Å². The van der Waals surface area contributed by atoms with Crippen LogP contribution in [0.15, 0.2) is 91.1 Å². The third kappa shape index (κ3) is 7.01. The molecule has 3 aromatic carbocycles. The van der Waals surface area contributed by atoms with Gasteiger partial charge >= 0.3 is 0 Å². The van der Waals surface area contributed by atoms with E-state index in [-0.39, 0.29) is 5.91 Å². The molecule has 1 aromatic heterocycles. The fourth-order valence-corrected chi connectivity index (χ4v) is 3.88. The average molecular weight is 470 g/mol. The minimum Gasteiger partial charge on any atom is -0.326 e. The Bertz CT molecular complexity index is 1220. The molecular formula is C29H28ClN3O. The molecule has 0 unspecified atom stereocenters. The number of nitrogens with one attached hydrogen (secondary N) is 2. The van der Waals surface area contributed by atoms with Crippen LogP contribution in [0, 0.1) is 6.92 Å². The lowest BCUT2D eigenvalue weighted by Crippen LogP contribution is -2.13. The Labute approximate surface area is 206 Å². The molecule has 0 radical (unpaired) electrons. The highest BCUT2D eigenvalue weighted by atomic mass is 35.5. The van der Waals surface area contributed by atoms with Crippen molar-refractivity contribution in [1.82, 2.24) is 10.3 Å². The minimum absolute atomic E-state index is 0.0117. The Kier molecular flexibility index (Phi) is 8.08. The summed E-state index contributed by atoms with van der Waals surface area (Å²) in [5.74, 6) is 0.0117. The summed E-state index contributed by atoms with van der Waals surface area (Å²) in [6.07, 6.45) is 2.99. The van der Waals surface area contributed by atoms with Crippen LogP contribution in [0.25, 0.3) is 11.1 Å². The lowest BCUT2D eigenvalue weighted by molar-refractivity contribution is -0.116. The standard InChI is InChI=1S/C29H28ClN3O/c1-21-18-24(16-17-32-21)20-31-19-23-4-2-22(3-5-23)6-15-29(34)33-28-13-9-26(10-14-28)25-7-11-27(30)12-8-25/h2-5,7-14,16-18,31H,6,15,19-20H2,1H3,(H,33,34). The minimum atomic E-state index is 0.0117. The number of hydrogen-bond donors (Lipinski definition) is 2. The van der Waals surface area contributed by atoms with Gasteiger partial charge in [0, 0.05) is 42.1 Å². The number of nitrogens with zero attached hydrogens (tertiary/aromatic N) is 1. The maximum absolute atomic E-state index is 12.4. The molecule has 1 amide bonds. The SMILES string of the molecule is Cc1cc(CNCc2ccc(CCC(=O)Nc3ccc(-c4ccc(Cl)cc4)cc3)cc2)ccn1. The summed E-state index contributed by atoms with van der Waals surface area (Å²) in [6.45, 7) is 3.61. The lowest BCUT2D eigenvalue weighted by atomic mass is 10.1. The normalized spacial score (nSPS) is 10.8. The van der Waals surface area contributed by atoms with Crippen molar-refractivity contribution in [1.29, 1.82) is 0 Å². The van der Waals surface area contributed by atoms with Crippen LogP contribution in [0.5, 0.6) is 0 Å². The van der Waals surface area contributed by atoms with E-state index >= 15 is 0 Å². The zero-order valence-electron chi connectivity index (χ0n) is 19.2. The molecular weight excluding hydrogens is 442 g/mol. The molecule has 34 heavy (non-hydrogen) atoms. The number of pyridine rings is 1. The maximum atomic E-state index is 12.4. The van der Waals surface area contributed by atoms with Gasteiger partial charge in [0.15, 0.2) is 0 Å². The van der Waals surface area contributed by atoms with Crippen molar-refractivity contribution in [2.45, 2.75) is 32.9 Å². The van der Waals surface area contributed by atoms with E-state index in [1.54, 1.807) is 0 Å². The first-order valence-electron chi connectivity index (χ1n) is 11.4. The fraction of sp³-hybridized carbons (Fsp3) is 0.172. The van der Waals surface area contributed by atoms with Crippen LogP contribution in [0.1, 0.15) is 28.8 Å². The van der Waals surface area contributed by atoms with Crippen molar-refractivity contribution < 1.29 is 4.79 Å². The van der Waals surface area contributed by atoms with E-state index in [4.69, 9.17) is 11.6 Å². The number of amides is 1. The van der Waals surface area contributed by atoms with E-state index < -0.39 is 0 Å². The summed E-state index contributed by atoms with van der Waals surface area (Å²) in [5.41, 5.74) is 7.61. The largest absolute Gasteiger partial charge is 0.326 e. The van der Waals surface area contributed by atoms with Crippen LogP contribution in [-0.4, -0.2) is 10.9 Å². The molecule has 2 N–H and O–H groups in total. The second-order valence-electron chi connectivity index (χ2n) is 8.36.